The Hall–Kier alpha value is -3.59. The van der Waals surface area contributed by atoms with Crippen molar-refractivity contribution in [2.75, 3.05) is 32.8 Å². The molecule has 0 atom stereocenters. The van der Waals surface area contributed by atoms with Gasteiger partial charge in [0.05, 0.1) is 32.4 Å². The SMILES string of the molecule is COc1ccc(C(=O)N(CCCn2ccnc2)c2nc3c(OC)cccc3s2)cc1OC. The molecule has 2 aromatic heterocycles. The molecule has 4 rings (SSSR count). The van der Waals surface area contributed by atoms with Crippen molar-refractivity contribution >= 4 is 32.6 Å². The zero-order chi connectivity index (χ0) is 22.5. The fourth-order valence-corrected chi connectivity index (χ4v) is 4.44. The van der Waals surface area contributed by atoms with E-state index < -0.39 is 0 Å². The van der Waals surface area contributed by atoms with E-state index in [2.05, 4.69) is 4.98 Å². The highest BCUT2D eigenvalue weighted by Crippen LogP contribution is 2.35. The second-order valence-electron chi connectivity index (χ2n) is 6.98. The van der Waals surface area contributed by atoms with Gasteiger partial charge in [-0.2, -0.15) is 0 Å². The molecule has 0 unspecified atom stereocenters. The number of rotatable bonds is 9. The van der Waals surface area contributed by atoms with E-state index in [9.17, 15) is 4.79 Å². The zero-order valence-electron chi connectivity index (χ0n) is 18.1. The number of aryl methyl sites for hydroxylation is 1. The Balaban J connectivity index is 1.68. The maximum atomic E-state index is 13.6. The number of amides is 1. The van der Waals surface area contributed by atoms with Crippen molar-refractivity contribution in [1.29, 1.82) is 0 Å². The molecule has 0 N–H and O–H groups in total. The minimum Gasteiger partial charge on any atom is -0.494 e. The number of thiazole rings is 1. The van der Waals surface area contributed by atoms with Crippen LogP contribution in [0.15, 0.2) is 55.1 Å². The summed E-state index contributed by atoms with van der Waals surface area (Å²) >= 11 is 1.46. The maximum absolute atomic E-state index is 13.6. The van der Waals surface area contributed by atoms with Crippen molar-refractivity contribution in [1.82, 2.24) is 14.5 Å². The molecule has 0 bridgehead atoms. The number of hydrogen-bond acceptors (Lipinski definition) is 7. The van der Waals surface area contributed by atoms with Gasteiger partial charge in [0.25, 0.3) is 5.91 Å². The Morgan fingerprint density at radius 2 is 1.88 bits per heavy atom. The number of para-hydroxylation sites is 1. The summed E-state index contributed by atoms with van der Waals surface area (Å²) < 4.78 is 19.1. The van der Waals surface area contributed by atoms with Gasteiger partial charge in [0.1, 0.15) is 11.3 Å². The van der Waals surface area contributed by atoms with Gasteiger partial charge in [-0.15, -0.1) is 0 Å². The van der Waals surface area contributed by atoms with E-state index >= 15 is 0 Å². The van der Waals surface area contributed by atoms with Crippen LogP contribution in [-0.4, -0.2) is 48.3 Å². The largest absolute Gasteiger partial charge is 0.494 e. The van der Waals surface area contributed by atoms with Gasteiger partial charge in [-0.05, 0) is 36.8 Å². The number of methoxy groups -OCH3 is 3. The fourth-order valence-electron chi connectivity index (χ4n) is 3.43. The average molecular weight is 453 g/mol. The molecule has 0 aliphatic rings. The van der Waals surface area contributed by atoms with Crippen molar-refractivity contribution in [2.45, 2.75) is 13.0 Å². The van der Waals surface area contributed by atoms with E-state index in [1.807, 2.05) is 29.0 Å². The monoisotopic (exact) mass is 452 g/mol. The zero-order valence-corrected chi connectivity index (χ0v) is 19.0. The van der Waals surface area contributed by atoms with Crippen LogP contribution in [-0.2, 0) is 6.54 Å². The molecule has 8 nitrogen and oxygen atoms in total. The quantitative estimate of drug-likeness (QED) is 0.378. The van der Waals surface area contributed by atoms with Gasteiger partial charge in [0.2, 0.25) is 0 Å². The van der Waals surface area contributed by atoms with E-state index in [0.717, 1.165) is 23.2 Å². The normalized spacial score (nSPS) is 10.8. The molecule has 0 saturated carbocycles. The molecule has 2 aromatic carbocycles. The van der Waals surface area contributed by atoms with Crippen molar-refractivity contribution in [3.8, 4) is 17.2 Å². The lowest BCUT2D eigenvalue weighted by molar-refractivity contribution is 0.0986. The molecule has 32 heavy (non-hydrogen) atoms. The van der Waals surface area contributed by atoms with E-state index in [1.54, 1.807) is 57.0 Å². The van der Waals surface area contributed by atoms with Crippen molar-refractivity contribution < 1.29 is 19.0 Å². The number of aromatic nitrogens is 3. The number of imidazole rings is 1. The first kappa shape index (κ1) is 21.6. The van der Waals surface area contributed by atoms with Gasteiger partial charge >= 0.3 is 0 Å². The van der Waals surface area contributed by atoms with Crippen LogP contribution >= 0.6 is 11.3 Å². The molecule has 9 heteroatoms. The second kappa shape index (κ2) is 9.69. The third-order valence-electron chi connectivity index (χ3n) is 5.05. The van der Waals surface area contributed by atoms with Gasteiger partial charge in [0, 0.05) is 31.0 Å². The van der Waals surface area contributed by atoms with Gasteiger partial charge in [-0.3, -0.25) is 9.69 Å². The molecule has 0 aliphatic carbocycles. The predicted octanol–water partition coefficient (Wildman–Crippen LogP) is 4.26. The molecule has 0 spiro atoms. The Labute approximate surface area is 190 Å². The highest BCUT2D eigenvalue weighted by atomic mass is 32.1. The summed E-state index contributed by atoms with van der Waals surface area (Å²) in [4.78, 5) is 24.1. The molecule has 0 fully saturated rings. The maximum Gasteiger partial charge on any atom is 0.260 e. The van der Waals surface area contributed by atoms with Crippen molar-refractivity contribution in [2.24, 2.45) is 0 Å². The van der Waals surface area contributed by atoms with E-state index in [-0.39, 0.29) is 5.91 Å². The first-order chi connectivity index (χ1) is 15.6. The van der Waals surface area contributed by atoms with Crippen LogP contribution in [0.3, 0.4) is 0 Å². The van der Waals surface area contributed by atoms with Gasteiger partial charge in [-0.25, -0.2) is 9.97 Å². The summed E-state index contributed by atoms with van der Waals surface area (Å²) in [6.07, 6.45) is 6.15. The first-order valence-corrected chi connectivity index (χ1v) is 10.9. The smallest absolute Gasteiger partial charge is 0.260 e. The van der Waals surface area contributed by atoms with Crippen LogP contribution < -0.4 is 19.1 Å². The predicted molar refractivity (Wildman–Crippen MR) is 124 cm³/mol. The molecule has 4 aromatic rings. The number of ether oxygens (including phenoxy) is 3. The lowest BCUT2D eigenvalue weighted by Gasteiger charge is -2.20. The van der Waals surface area contributed by atoms with Crippen LogP contribution in [0.5, 0.6) is 17.2 Å². The number of anilines is 1. The summed E-state index contributed by atoms with van der Waals surface area (Å²) in [7, 11) is 4.73. The van der Waals surface area contributed by atoms with E-state index in [4.69, 9.17) is 19.2 Å². The third-order valence-corrected chi connectivity index (χ3v) is 6.10. The topological polar surface area (TPSA) is 78.7 Å². The van der Waals surface area contributed by atoms with E-state index in [0.29, 0.717) is 34.5 Å². The standard InChI is InChI=1S/C23H24N4O4S/c1-29-17-9-8-16(14-19(17)31-3)22(28)27(12-5-11-26-13-10-24-15-26)23-25-21-18(30-2)6-4-7-20(21)32-23/h4,6-10,13-15H,5,11-12H2,1-3H3. The molecule has 0 aliphatic heterocycles. The molecule has 0 saturated heterocycles. The number of hydrogen-bond donors (Lipinski definition) is 0. The number of fused-ring (bicyclic) bond motifs is 1. The van der Waals surface area contributed by atoms with Crippen LogP contribution in [0.25, 0.3) is 10.2 Å². The Morgan fingerprint density at radius 3 is 2.59 bits per heavy atom. The molecule has 1 amide bonds. The number of carbonyl (C=O) groups is 1. The minimum atomic E-state index is -0.158. The fraction of sp³-hybridized carbons (Fsp3) is 0.261. The third kappa shape index (κ3) is 4.38. The van der Waals surface area contributed by atoms with Crippen molar-refractivity contribution in [3.05, 3.63) is 60.7 Å². The molecule has 0 radical (unpaired) electrons. The molecule has 2 heterocycles. The Morgan fingerprint density at radius 1 is 1.06 bits per heavy atom. The molecule has 166 valence electrons. The summed E-state index contributed by atoms with van der Waals surface area (Å²) in [6, 6.07) is 10.9. The average Bonchev–Trinajstić information content (AvgIpc) is 3.50. The number of carbonyl (C=O) groups excluding carboxylic acids is 1. The van der Waals surface area contributed by atoms with Gasteiger partial charge < -0.3 is 18.8 Å². The highest BCUT2D eigenvalue weighted by molar-refractivity contribution is 7.22. The summed E-state index contributed by atoms with van der Waals surface area (Å²) in [5.74, 6) is 1.60. The van der Waals surface area contributed by atoms with Crippen LogP contribution in [0.4, 0.5) is 5.13 Å². The highest BCUT2D eigenvalue weighted by Gasteiger charge is 2.23. The lowest BCUT2D eigenvalue weighted by atomic mass is 10.1. The molecular weight excluding hydrogens is 428 g/mol. The van der Waals surface area contributed by atoms with Gasteiger partial charge in [0.15, 0.2) is 16.6 Å². The van der Waals surface area contributed by atoms with Crippen LogP contribution in [0.2, 0.25) is 0 Å². The minimum absolute atomic E-state index is 0.158. The summed E-state index contributed by atoms with van der Waals surface area (Å²) in [6.45, 7) is 1.23. The lowest BCUT2D eigenvalue weighted by Crippen LogP contribution is -2.32. The van der Waals surface area contributed by atoms with E-state index in [1.165, 1.54) is 11.3 Å². The van der Waals surface area contributed by atoms with Crippen molar-refractivity contribution in [3.63, 3.8) is 0 Å². The second-order valence-corrected chi connectivity index (χ2v) is 7.99. The van der Waals surface area contributed by atoms with Crippen LogP contribution in [0, 0.1) is 0 Å². The summed E-state index contributed by atoms with van der Waals surface area (Å²) in [5, 5.41) is 0.620. The first-order valence-electron chi connectivity index (χ1n) is 10.1. The number of nitrogens with zero attached hydrogens (tertiary/aromatic N) is 4. The Kier molecular flexibility index (Phi) is 6.55. The van der Waals surface area contributed by atoms with Gasteiger partial charge in [-0.1, -0.05) is 17.4 Å². The number of benzene rings is 2. The summed E-state index contributed by atoms with van der Waals surface area (Å²) in [5.41, 5.74) is 1.24. The Bertz CT molecular complexity index is 1210. The van der Waals surface area contributed by atoms with Crippen LogP contribution in [0.1, 0.15) is 16.8 Å². The molecular formula is C23H24N4O4S.